The van der Waals surface area contributed by atoms with E-state index in [-0.39, 0.29) is 15.9 Å². The van der Waals surface area contributed by atoms with Crippen LogP contribution in [-0.4, -0.2) is 47.9 Å². The molecule has 0 saturated carbocycles. The molecule has 0 spiro atoms. The first-order valence-electron chi connectivity index (χ1n) is 9.38. The molecule has 3 rings (SSSR count). The van der Waals surface area contributed by atoms with Crippen LogP contribution in [0.2, 0.25) is 0 Å². The van der Waals surface area contributed by atoms with E-state index in [4.69, 9.17) is 0 Å². The average Bonchev–Trinajstić information content (AvgIpc) is 3.04. The lowest BCUT2D eigenvalue weighted by molar-refractivity contribution is -0.135. The van der Waals surface area contributed by atoms with Gasteiger partial charge in [0.15, 0.2) is 5.17 Å². The predicted molar refractivity (Wildman–Crippen MR) is 111 cm³/mol. The number of halogens is 1. The Balaban J connectivity index is 1.72. The third kappa shape index (κ3) is 5.74. The minimum atomic E-state index is -0.615. The molecule has 0 radical (unpaired) electrons. The van der Waals surface area contributed by atoms with Gasteiger partial charge in [-0.15, -0.1) is 5.10 Å². The minimum Gasteiger partial charge on any atom is -0.466 e. The number of carbonyl (C=O) groups excluding carboxylic acids is 2. The van der Waals surface area contributed by atoms with Crippen molar-refractivity contribution in [1.82, 2.24) is 10.2 Å². The van der Waals surface area contributed by atoms with Crippen LogP contribution < -0.4 is 5.32 Å². The van der Waals surface area contributed by atoms with E-state index < -0.39 is 11.9 Å². The minimum absolute atomic E-state index is 0.187. The summed E-state index contributed by atoms with van der Waals surface area (Å²) < 4.78 is 18.3. The van der Waals surface area contributed by atoms with Crippen molar-refractivity contribution in [1.29, 1.82) is 0 Å². The molecule has 29 heavy (non-hydrogen) atoms. The summed E-state index contributed by atoms with van der Waals surface area (Å²) in [5, 5.41) is 10.8. The fraction of sp³-hybridized carbons (Fsp3) is 0.400. The van der Waals surface area contributed by atoms with Crippen molar-refractivity contribution in [2.75, 3.05) is 13.7 Å². The number of carbonyl (C=O) groups is 2. The van der Waals surface area contributed by atoms with Crippen LogP contribution in [0.25, 0.3) is 0 Å². The lowest BCUT2D eigenvalue weighted by Crippen LogP contribution is -2.37. The highest BCUT2D eigenvalue weighted by molar-refractivity contribution is 8.18. The van der Waals surface area contributed by atoms with Gasteiger partial charge in [0.05, 0.1) is 18.2 Å². The number of piperidine rings is 1. The Hall–Kier alpha value is -2.52. The van der Waals surface area contributed by atoms with E-state index in [1.54, 1.807) is 12.3 Å². The zero-order valence-corrected chi connectivity index (χ0v) is 17.2. The topological polar surface area (TPSA) is 83.4 Å². The molecule has 0 aliphatic carbocycles. The molecule has 2 aliphatic heterocycles. The number of benzene rings is 1. The van der Waals surface area contributed by atoms with Crippen molar-refractivity contribution in [3.63, 3.8) is 0 Å². The van der Waals surface area contributed by atoms with E-state index in [1.807, 2.05) is 0 Å². The van der Waals surface area contributed by atoms with Gasteiger partial charge >= 0.3 is 5.97 Å². The van der Waals surface area contributed by atoms with Gasteiger partial charge in [0, 0.05) is 18.7 Å². The molecule has 154 valence electrons. The molecular weight excluding hydrogens is 395 g/mol. The molecule has 2 heterocycles. The quantitative estimate of drug-likeness (QED) is 0.344. The summed E-state index contributed by atoms with van der Waals surface area (Å²) in [6.07, 6.45) is 6.16. The highest BCUT2D eigenvalue weighted by Crippen LogP contribution is 2.24. The number of nitrogens with zero attached hydrogens (tertiary/aromatic N) is 3. The smallest absolute Gasteiger partial charge is 0.331 e. The van der Waals surface area contributed by atoms with Crippen LogP contribution >= 0.6 is 11.8 Å². The number of ether oxygens (including phenoxy) is 1. The molecular formula is C20H23FN4O3S. The highest BCUT2D eigenvalue weighted by Gasteiger charge is 2.25. The first-order valence-corrected chi connectivity index (χ1v) is 10.2. The Morgan fingerprint density at radius 1 is 1.45 bits per heavy atom. The van der Waals surface area contributed by atoms with E-state index >= 15 is 0 Å². The number of likely N-dealkylation sites (tertiary alicyclic amines) is 1. The third-order valence-electron chi connectivity index (χ3n) is 4.87. The molecule has 1 atom stereocenters. The van der Waals surface area contributed by atoms with Gasteiger partial charge in [-0.05, 0) is 61.3 Å². The molecule has 1 amide bonds. The van der Waals surface area contributed by atoms with Gasteiger partial charge in [0.25, 0.3) is 5.91 Å². The molecule has 0 aromatic heterocycles. The summed E-state index contributed by atoms with van der Waals surface area (Å²) >= 11 is 1.00. The van der Waals surface area contributed by atoms with Gasteiger partial charge in [0.1, 0.15) is 5.82 Å². The zero-order chi connectivity index (χ0) is 20.8. The Morgan fingerprint density at radius 2 is 2.28 bits per heavy atom. The van der Waals surface area contributed by atoms with Crippen LogP contribution in [-0.2, 0) is 20.9 Å². The van der Waals surface area contributed by atoms with Crippen molar-refractivity contribution in [2.45, 2.75) is 38.8 Å². The standard InChI is InChI=1S/C20H23FN4O3S/c1-13-5-3-4-8-25(13)12-15-9-16(21)7-6-14(15)11-22-24-20-23-19(27)17(29-20)10-18(26)28-2/h6-7,9-11,13H,3-5,8,12H2,1-2H3,(H,23,24,27)/b17-10+,22-11?. The van der Waals surface area contributed by atoms with Gasteiger partial charge in [-0.2, -0.15) is 5.10 Å². The number of rotatable bonds is 5. The van der Waals surface area contributed by atoms with Crippen molar-refractivity contribution in [3.8, 4) is 0 Å². The van der Waals surface area contributed by atoms with Crippen molar-refractivity contribution in [3.05, 3.63) is 46.1 Å². The summed E-state index contributed by atoms with van der Waals surface area (Å²) in [5.74, 6) is -1.34. The lowest BCUT2D eigenvalue weighted by Gasteiger charge is -2.33. The number of hydrogen-bond acceptors (Lipinski definition) is 7. The predicted octanol–water partition coefficient (Wildman–Crippen LogP) is 2.81. The van der Waals surface area contributed by atoms with Crippen LogP contribution in [0, 0.1) is 5.82 Å². The number of thioether (sulfide) groups is 1. The normalized spacial score (nSPS) is 23.1. The fourth-order valence-corrected chi connectivity index (χ4v) is 3.97. The summed E-state index contributed by atoms with van der Waals surface area (Å²) in [6.45, 7) is 3.83. The van der Waals surface area contributed by atoms with Crippen LogP contribution in [0.15, 0.2) is 39.4 Å². The third-order valence-corrected chi connectivity index (χ3v) is 5.77. The van der Waals surface area contributed by atoms with Gasteiger partial charge < -0.3 is 4.74 Å². The molecule has 1 aromatic carbocycles. The maximum atomic E-state index is 13.8. The number of esters is 1. The van der Waals surface area contributed by atoms with Crippen molar-refractivity contribution in [2.24, 2.45) is 10.2 Å². The molecule has 2 saturated heterocycles. The number of hydrogen-bond donors (Lipinski definition) is 1. The second-order valence-electron chi connectivity index (χ2n) is 6.90. The zero-order valence-electron chi connectivity index (χ0n) is 16.4. The van der Waals surface area contributed by atoms with E-state index in [2.05, 4.69) is 32.1 Å². The lowest BCUT2D eigenvalue weighted by atomic mass is 10.0. The van der Waals surface area contributed by atoms with E-state index in [1.165, 1.54) is 25.7 Å². The van der Waals surface area contributed by atoms with E-state index in [0.29, 0.717) is 12.6 Å². The first-order chi connectivity index (χ1) is 14.0. The number of amides is 1. The largest absolute Gasteiger partial charge is 0.466 e. The van der Waals surface area contributed by atoms with Crippen molar-refractivity contribution < 1.29 is 18.7 Å². The second-order valence-corrected chi connectivity index (χ2v) is 7.93. The van der Waals surface area contributed by atoms with Gasteiger partial charge in [-0.25, -0.2) is 9.18 Å². The number of methoxy groups -OCH3 is 1. The molecule has 1 aromatic rings. The molecule has 7 nitrogen and oxygen atoms in total. The van der Waals surface area contributed by atoms with Crippen LogP contribution in [0.1, 0.15) is 37.3 Å². The second kappa shape index (κ2) is 9.80. The Morgan fingerprint density at radius 3 is 3.03 bits per heavy atom. The fourth-order valence-electron chi connectivity index (χ4n) is 3.23. The van der Waals surface area contributed by atoms with Gasteiger partial charge in [0.2, 0.25) is 0 Å². The summed E-state index contributed by atoms with van der Waals surface area (Å²) in [7, 11) is 1.24. The highest BCUT2D eigenvalue weighted by atomic mass is 32.2. The van der Waals surface area contributed by atoms with E-state index in [9.17, 15) is 14.0 Å². The van der Waals surface area contributed by atoms with Crippen molar-refractivity contribution >= 4 is 35.0 Å². The van der Waals surface area contributed by atoms with Crippen LogP contribution in [0.5, 0.6) is 0 Å². The van der Waals surface area contributed by atoms with Crippen LogP contribution in [0.3, 0.4) is 0 Å². The monoisotopic (exact) mass is 418 g/mol. The summed E-state index contributed by atoms with van der Waals surface area (Å²) in [5.41, 5.74) is 1.62. The Bertz CT molecular complexity index is 884. The maximum Gasteiger partial charge on any atom is 0.331 e. The number of nitrogens with one attached hydrogen (secondary N) is 1. The average molecular weight is 418 g/mol. The SMILES string of the molecule is COC(=O)/C=C1/S/C(=N\N=Cc2ccc(F)cc2CN2CCCCC2C)NC1=O. The van der Waals surface area contributed by atoms with Gasteiger partial charge in [-0.3, -0.25) is 15.0 Å². The Kier molecular flexibility index (Phi) is 7.16. The van der Waals surface area contributed by atoms with Gasteiger partial charge in [-0.1, -0.05) is 12.5 Å². The summed E-state index contributed by atoms with van der Waals surface area (Å²) in [6, 6.07) is 5.05. The molecule has 2 aliphatic rings. The molecule has 9 heteroatoms. The first kappa shape index (κ1) is 21.2. The van der Waals surface area contributed by atoms with E-state index in [0.717, 1.165) is 48.4 Å². The number of amidine groups is 1. The maximum absolute atomic E-state index is 13.8. The van der Waals surface area contributed by atoms with Crippen LogP contribution in [0.4, 0.5) is 4.39 Å². The molecule has 1 N–H and O–H groups in total. The molecule has 1 unspecified atom stereocenters. The summed E-state index contributed by atoms with van der Waals surface area (Å²) in [4.78, 5) is 25.6. The molecule has 0 bridgehead atoms. The molecule has 2 fully saturated rings. The Labute approximate surface area is 173 Å².